The van der Waals surface area contributed by atoms with Gasteiger partial charge in [0, 0.05) is 26.3 Å². The molecule has 0 bridgehead atoms. The van der Waals surface area contributed by atoms with E-state index in [1.54, 1.807) is 36.4 Å². The zero-order chi connectivity index (χ0) is 21.2. The van der Waals surface area contributed by atoms with Gasteiger partial charge in [0.05, 0.1) is 0 Å². The summed E-state index contributed by atoms with van der Waals surface area (Å²) < 4.78 is 18.4. The molecule has 7 heteroatoms. The van der Waals surface area contributed by atoms with Crippen molar-refractivity contribution in [2.45, 2.75) is 6.42 Å². The van der Waals surface area contributed by atoms with Crippen molar-refractivity contribution in [3.8, 4) is 6.07 Å². The lowest BCUT2D eigenvalue weighted by molar-refractivity contribution is -0.144. The van der Waals surface area contributed by atoms with Crippen LogP contribution < -0.4 is 10.2 Å². The molecule has 150 valence electrons. The molecule has 0 aliphatic rings. The van der Waals surface area contributed by atoms with Crippen molar-refractivity contribution in [3.05, 3.63) is 71.0 Å². The number of ether oxygens (including phenoxy) is 1. The van der Waals surface area contributed by atoms with Crippen LogP contribution in [-0.2, 0) is 20.7 Å². The highest BCUT2D eigenvalue weighted by molar-refractivity contribution is 5.98. The highest BCUT2D eigenvalue weighted by Gasteiger charge is 2.13. The second kappa shape index (κ2) is 10.6. The van der Waals surface area contributed by atoms with Crippen LogP contribution in [0.15, 0.2) is 54.1 Å². The lowest BCUT2D eigenvalue weighted by atomic mass is 10.1. The fourth-order valence-electron chi connectivity index (χ4n) is 2.47. The Hall–Kier alpha value is -3.66. The van der Waals surface area contributed by atoms with Gasteiger partial charge in [-0.05, 0) is 41.8 Å². The Kier molecular flexibility index (Phi) is 7.92. The molecular formula is C22H22FN3O3. The molecule has 2 rings (SSSR count). The molecule has 0 heterocycles. The number of nitrogens with zero attached hydrogens (tertiary/aromatic N) is 2. The van der Waals surface area contributed by atoms with E-state index in [1.165, 1.54) is 12.1 Å². The van der Waals surface area contributed by atoms with Crippen LogP contribution in [0.25, 0.3) is 6.08 Å². The maximum atomic E-state index is 13.5. The molecule has 0 radical (unpaired) electrons. The maximum absolute atomic E-state index is 13.5. The minimum atomic E-state index is -0.881. The Morgan fingerprint density at radius 2 is 1.86 bits per heavy atom. The lowest BCUT2D eigenvalue weighted by Gasteiger charge is -2.11. The minimum Gasteiger partial charge on any atom is -0.451 e. The first kappa shape index (κ1) is 21.6. The topological polar surface area (TPSA) is 82.4 Å². The first-order valence-corrected chi connectivity index (χ1v) is 8.97. The number of carbonyl (C=O) groups is 2. The van der Waals surface area contributed by atoms with Crippen molar-refractivity contribution in [2.24, 2.45) is 0 Å². The fraction of sp³-hybridized carbons (Fsp3) is 0.227. The second-order valence-corrected chi connectivity index (χ2v) is 6.42. The molecule has 0 spiro atoms. The van der Waals surface area contributed by atoms with Crippen LogP contribution >= 0.6 is 0 Å². The van der Waals surface area contributed by atoms with Crippen LogP contribution in [0.4, 0.5) is 10.1 Å². The van der Waals surface area contributed by atoms with Crippen molar-refractivity contribution in [3.63, 3.8) is 0 Å². The molecule has 1 N–H and O–H groups in total. The van der Waals surface area contributed by atoms with E-state index in [9.17, 15) is 19.2 Å². The van der Waals surface area contributed by atoms with Crippen LogP contribution in [0.1, 0.15) is 11.1 Å². The van der Waals surface area contributed by atoms with Gasteiger partial charge in [-0.15, -0.1) is 0 Å². The van der Waals surface area contributed by atoms with Crippen LogP contribution in [0, 0.1) is 17.1 Å². The first-order chi connectivity index (χ1) is 13.9. The van der Waals surface area contributed by atoms with E-state index in [-0.39, 0.29) is 17.9 Å². The molecule has 0 aromatic heterocycles. The van der Waals surface area contributed by atoms with E-state index in [1.807, 2.05) is 31.1 Å². The first-order valence-electron chi connectivity index (χ1n) is 8.97. The third kappa shape index (κ3) is 6.78. The largest absolute Gasteiger partial charge is 0.451 e. The summed E-state index contributed by atoms with van der Waals surface area (Å²) in [6, 6.07) is 15.3. The quantitative estimate of drug-likeness (QED) is 0.422. The van der Waals surface area contributed by atoms with Crippen molar-refractivity contribution in [1.82, 2.24) is 5.32 Å². The van der Waals surface area contributed by atoms with Gasteiger partial charge in [-0.25, -0.2) is 9.18 Å². The van der Waals surface area contributed by atoms with Gasteiger partial charge in [0.15, 0.2) is 6.61 Å². The monoisotopic (exact) mass is 395 g/mol. The van der Waals surface area contributed by atoms with Gasteiger partial charge in [-0.1, -0.05) is 30.3 Å². The van der Waals surface area contributed by atoms with Crippen LogP contribution in [0.2, 0.25) is 0 Å². The Balaban J connectivity index is 1.83. The smallest absolute Gasteiger partial charge is 0.349 e. The predicted octanol–water partition coefficient (Wildman–Crippen LogP) is 2.70. The Morgan fingerprint density at radius 3 is 2.48 bits per heavy atom. The number of carbonyl (C=O) groups excluding carboxylic acids is 2. The number of anilines is 1. The molecular weight excluding hydrogens is 373 g/mol. The van der Waals surface area contributed by atoms with Crippen molar-refractivity contribution < 1.29 is 18.7 Å². The van der Waals surface area contributed by atoms with E-state index >= 15 is 0 Å². The molecule has 0 unspecified atom stereocenters. The molecule has 0 aliphatic carbocycles. The van der Waals surface area contributed by atoms with Crippen molar-refractivity contribution >= 4 is 23.6 Å². The highest BCUT2D eigenvalue weighted by Crippen LogP contribution is 2.15. The summed E-state index contributed by atoms with van der Waals surface area (Å²) in [7, 11) is 3.81. The summed E-state index contributed by atoms with van der Waals surface area (Å²) in [5.74, 6) is -1.74. The van der Waals surface area contributed by atoms with Gasteiger partial charge in [0.2, 0.25) is 0 Å². The second-order valence-electron chi connectivity index (χ2n) is 6.42. The normalized spacial score (nSPS) is 10.8. The number of amides is 1. The van der Waals surface area contributed by atoms with Gasteiger partial charge >= 0.3 is 5.97 Å². The summed E-state index contributed by atoms with van der Waals surface area (Å²) in [4.78, 5) is 25.8. The van der Waals surface area contributed by atoms with Gasteiger partial charge in [0.1, 0.15) is 17.5 Å². The van der Waals surface area contributed by atoms with Crippen LogP contribution in [0.5, 0.6) is 0 Å². The van der Waals surface area contributed by atoms with Crippen molar-refractivity contribution in [1.29, 1.82) is 5.26 Å². The number of esters is 1. The fourth-order valence-corrected chi connectivity index (χ4v) is 2.47. The molecule has 0 aliphatic heterocycles. The zero-order valence-corrected chi connectivity index (χ0v) is 16.3. The van der Waals surface area contributed by atoms with E-state index in [2.05, 4.69) is 5.32 Å². The Bertz CT molecular complexity index is 931. The summed E-state index contributed by atoms with van der Waals surface area (Å²) in [5, 5.41) is 11.7. The average molecular weight is 395 g/mol. The van der Waals surface area contributed by atoms with Gasteiger partial charge < -0.3 is 15.0 Å². The van der Waals surface area contributed by atoms with Gasteiger partial charge in [-0.2, -0.15) is 5.26 Å². The average Bonchev–Trinajstić information content (AvgIpc) is 2.72. The van der Waals surface area contributed by atoms with Gasteiger partial charge in [0.25, 0.3) is 5.91 Å². The molecule has 0 fully saturated rings. The van der Waals surface area contributed by atoms with E-state index in [4.69, 9.17) is 4.74 Å². The standard InChI is InChI=1S/C22H22FN3O3/c1-26(2)19-9-7-16(8-10-19)13-18(14-24)22(28)29-15-21(27)25-12-11-17-5-3-4-6-20(17)23/h3-10,13H,11-12,15H2,1-2H3,(H,25,27)/b18-13+. The third-order valence-electron chi connectivity index (χ3n) is 4.07. The Morgan fingerprint density at radius 1 is 1.17 bits per heavy atom. The molecule has 6 nitrogen and oxygen atoms in total. The number of nitrogens with one attached hydrogen (secondary N) is 1. The number of rotatable bonds is 8. The number of benzene rings is 2. The molecule has 1 amide bonds. The third-order valence-corrected chi connectivity index (χ3v) is 4.07. The zero-order valence-electron chi connectivity index (χ0n) is 16.3. The number of nitriles is 1. The SMILES string of the molecule is CN(C)c1ccc(/C=C(\C#N)C(=O)OCC(=O)NCCc2ccccc2F)cc1. The molecule has 0 saturated heterocycles. The molecule has 2 aromatic carbocycles. The van der Waals surface area contributed by atoms with Crippen molar-refractivity contribution in [2.75, 3.05) is 32.1 Å². The Labute approximate surface area is 169 Å². The molecule has 2 aromatic rings. The molecule has 0 saturated carbocycles. The highest BCUT2D eigenvalue weighted by atomic mass is 19.1. The predicted molar refractivity (Wildman–Crippen MR) is 108 cm³/mol. The minimum absolute atomic E-state index is 0.205. The number of hydrogen-bond acceptors (Lipinski definition) is 5. The lowest BCUT2D eigenvalue weighted by Crippen LogP contribution is -2.30. The number of hydrogen-bond donors (Lipinski definition) is 1. The van der Waals surface area contributed by atoms with E-state index in [0.29, 0.717) is 17.5 Å². The van der Waals surface area contributed by atoms with Crippen LogP contribution in [0.3, 0.4) is 0 Å². The summed E-state index contributed by atoms with van der Waals surface area (Å²) >= 11 is 0. The number of halogens is 1. The van der Waals surface area contributed by atoms with Crippen LogP contribution in [-0.4, -0.2) is 39.1 Å². The molecule has 29 heavy (non-hydrogen) atoms. The van der Waals surface area contributed by atoms with Gasteiger partial charge in [-0.3, -0.25) is 4.79 Å². The summed E-state index contributed by atoms with van der Waals surface area (Å²) in [6.45, 7) is -0.314. The summed E-state index contributed by atoms with van der Waals surface area (Å²) in [5.41, 5.74) is 1.93. The van der Waals surface area contributed by atoms with E-state index < -0.39 is 18.5 Å². The summed E-state index contributed by atoms with van der Waals surface area (Å²) in [6.07, 6.45) is 1.72. The molecule has 0 atom stereocenters. The van der Waals surface area contributed by atoms with E-state index in [0.717, 1.165) is 5.69 Å². The maximum Gasteiger partial charge on any atom is 0.349 e.